The van der Waals surface area contributed by atoms with Crippen LogP contribution in [0.5, 0.6) is 0 Å². The average Bonchev–Trinajstić information content (AvgIpc) is 2.66. The number of nitrogens with one attached hydrogen (secondary N) is 1. The number of amides is 1. The summed E-state index contributed by atoms with van der Waals surface area (Å²) >= 11 is 0. The third-order valence-electron chi connectivity index (χ3n) is 4.42. The quantitative estimate of drug-likeness (QED) is 0.121. The van der Waals surface area contributed by atoms with Crippen molar-refractivity contribution in [3.05, 3.63) is 0 Å². The van der Waals surface area contributed by atoms with Crippen molar-refractivity contribution in [2.24, 2.45) is 0 Å². The van der Waals surface area contributed by atoms with E-state index in [1.807, 2.05) is 0 Å². The molecule has 31 heavy (non-hydrogen) atoms. The third-order valence-corrected chi connectivity index (χ3v) is 4.83. The first-order valence-electron chi connectivity index (χ1n) is 11.1. The standard InChI is InChI=1S/C20H40N2O3.CH4O4S/c1-6-7-8-9-10-11-12-13-15-19(23)25-18(2)20(24)21-16-14-17-22(3,4)5;1-5-6(2,3)4/h18H,6-17H2,1-5H3;1H3,(H,2,3,4). The molecule has 1 unspecified atom stereocenters. The van der Waals surface area contributed by atoms with Gasteiger partial charge in [-0.2, -0.15) is 0 Å². The fourth-order valence-electron chi connectivity index (χ4n) is 2.62. The highest BCUT2D eigenvalue weighted by Crippen LogP contribution is 2.10. The molecule has 0 saturated carbocycles. The largest absolute Gasteiger partial charge is 0.726 e. The molecule has 0 aromatic carbocycles. The van der Waals surface area contributed by atoms with Gasteiger partial charge in [-0.05, 0) is 13.3 Å². The van der Waals surface area contributed by atoms with Crippen molar-refractivity contribution in [1.29, 1.82) is 0 Å². The molecule has 0 heterocycles. The van der Waals surface area contributed by atoms with E-state index >= 15 is 0 Å². The van der Waals surface area contributed by atoms with Crippen molar-refractivity contribution < 1.29 is 36.0 Å². The van der Waals surface area contributed by atoms with Gasteiger partial charge >= 0.3 is 5.97 Å². The molecular weight excluding hydrogens is 424 g/mol. The molecule has 1 amide bonds. The minimum Gasteiger partial charge on any atom is -0.726 e. The van der Waals surface area contributed by atoms with E-state index in [9.17, 15) is 22.6 Å². The summed E-state index contributed by atoms with van der Waals surface area (Å²) in [6.45, 7) is 5.47. The van der Waals surface area contributed by atoms with Crippen molar-refractivity contribution >= 4 is 22.3 Å². The number of nitrogens with zero attached hydrogens (tertiary/aromatic N) is 1. The second-order valence-electron chi connectivity index (χ2n) is 8.59. The van der Waals surface area contributed by atoms with Crippen LogP contribution >= 0.6 is 0 Å². The minimum absolute atomic E-state index is 0.203. The monoisotopic (exact) mass is 468 g/mol. The van der Waals surface area contributed by atoms with E-state index in [0.29, 0.717) is 13.0 Å². The van der Waals surface area contributed by atoms with E-state index in [4.69, 9.17) is 4.74 Å². The number of quaternary nitrogens is 1. The van der Waals surface area contributed by atoms with Crippen LogP contribution in [0.3, 0.4) is 0 Å². The first-order valence-corrected chi connectivity index (χ1v) is 12.4. The summed E-state index contributed by atoms with van der Waals surface area (Å²) in [6, 6.07) is 0. The van der Waals surface area contributed by atoms with Gasteiger partial charge in [0.25, 0.3) is 5.91 Å². The highest BCUT2D eigenvalue weighted by molar-refractivity contribution is 7.80. The number of esters is 1. The van der Waals surface area contributed by atoms with Crippen LogP contribution in [-0.4, -0.2) is 76.8 Å². The molecular formula is C21H44N2O7S. The number of carbonyl (C=O) groups is 2. The number of carbonyl (C=O) groups excluding carboxylic acids is 2. The second-order valence-corrected chi connectivity index (χ2v) is 9.74. The zero-order valence-electron chi connectivity index (χ0n) is 20.3. The first-order chi connectivity index (χ1) is 14.3. The molecule has 0 bridgehead atoms. The van der Waals surface area contributed by atoms with Crippen LogP contribution in [0, 0.1) is 0 Å². The van der Waals surface area contributed by atoms with E-state index in [-0.39, 0.29) is 11.9 Å². The van der Waals surface area contributed by atoms with Gasteiger partial charge in [0, 0.05) is 19.4 Å². The molecule has 0 radical (unpaired) electrons. The van der Waals surface area contributed by atoms with E-state index < -0.39 is 16.5 Å². The highest BCUT2D eigenvalue weighted by atomic mass is 32.3. The molecule has 0 aliphatic carbocycles. The van der Waals surface area contributed by atoms with E-state index in [2.05, 4.69) is 37.6 Å². The molecule has 0 aliphatic rings. The van der Waals surface area contributed by atoms with Gasteiger partial charge in [-0.1, -0.05) is 51.9 Å². The third kappa shape index (κ3) is 26.7. The van der Waals surface area contributed by atoms with Crippen LogP contribution in [0.1, 0.15) is 78.1 Å². The van der Waals surface area contributed by atoms with Gasteiger partial charge in [-0.3, -0.25) is 13.8 Å². The van der Waals surface area contributed by atoms with Crippen LogP contribution in [0.4, 0.5) is 0 Å². The Bertz CT molecular complexity index is 575. The normalized spacial score (nSPS) is 12.5. The average molecular weight is 469 g/mol. The zero-order chi connectivity index (χ0) is 24.3. The lowest BCUT2D eigenvalue weighted by molar-refractivity contribution is -0.870. The molecule has 0 spiro atoms. The molecule has 9 nitrogen and oxygen atoms in total. The summed E-state index contributed by atoms with van der Waals surface area (Å²) < 4.78 is 37.1. The maximum absolute atomic E-state index is 11.9. The first kappa shape index (κ1) is 32.0. The molecule has 0 fully saturated rings. The van der Waals surface area contributed by atoms with Crippen LogP contribution in [0.15, 0.2) is 0 Å². The molecule has 10 heteroatoms. The lowest BCUT2D eigenvalue weighted by Crippen LogP contribution is -2.40. The molecule has 186 valence electrons. The summed E-state index contributed by atoms with van der Waals surface area (Å²) in [6.07, 6.45) is 10.2. The van der Waals surface area contributed by atoms with Gasteiger partial charge in [0.2, 0.25) is 10.4 Å². The van der Waals surface area contributed by atoms with Gasteiger partial charge in [-0.25, -0.2) is 8.42 Å². The van der Waals surface area contributed by atoms with Crippen molar-refractivity contribution in [1.82, 2.24) is 5.32 Å². The maximum Gasteiger partial charge on any atom is 0.306 e. The molecule has 0 aliphatic heterocycles. The van der Waals surface area contributed by atoms with Crippen molar-refractivity contribution in [3.63, 3.8) is 0 Å². The summed E-state index contributed by atoms with van der Waals surface area (Å²) in [4.78, 5) is 23.7. The van der Waals surface area contributed by atoms with Gasteiger partial charge in [0.1, 0.15) is 0 Å². The summed E-state index contributed by atoms with van der Waals surface area (Å²) in [7, 11) is 2.76. The number of hydrogen-bond donors (Lipinski definition) is 1. The van der Waals surface area contributed by atoms with Crippen LogP contribution < -0.4 is 5.32 Å². The zero-order valence-corrected chi connectivity index (χ0v) is 21.1. The maximum atomic E-state index is 11.9. The topological polar surface area (TPSA) is 122 Å². The Hall–Kier alpha value is -1.23. The molecule has 1 atom stereocenters. The van der Waals surface area contributed by atoms with Gasteiger partial charge in [-0.15, -0.1) is 0 Å². The van der Waals surface area contributed by atoms with Crippen LogP contribution in [-0.2, 0) is 28.9 Å². The second kappa shape index (κ2) is 18.4. The number of unbranched alkanes of at least 4 members (excludes halogenated alkanes) is 7. The fraction of sp³-hybridized carbons (Fsp3) is 0.905. The Morgan fingerprint density at radius 2 is 1.45 bits per heavy atom. The smallest absolute Gasteiger partial charge is 0.306 e. The Balaban J connectivity index is 0. The highest BCUT2D eigenvalue weighted by Gasteiger charge is 2.17. The predicted octanol–water partition coefficient (Wildman–Crippen LogP) is 2.75. The predicted molar refractivity (Wildman–Crippen MR) is 120 cm³/mol. The Morgan fingerprint density at radius 1 is 0.968 bits per heavy atom. The summed E-state index contributed by atoms with van der Waals surface area (Å²) in [5.41, 5.74) is 0. The van der Waals surface area contributed by atoms with E-state index in [1.165, 1.54) is 38.5 Å². The van der Waals surface area contributed by atoms with Crippen LogP contribution in [0.2, 0.25) is 0 Å². The van der Waals surface area contributed by atoms with Gasteiger partial charge < -0.3 is 19.1 Å². The van der Waals surface area contributed by atoms with Crippen molar-refractivity contribution in [2.45, 2.75) is 84.2 Å². The minimum atomic E-state index is -4.41. The Kier molecular flexibility index (Phi) is 18.9. The van der Waals surface area contributed by atoms with E-state index in [0.717, 1.165) is 37.4 Å². The van der Waals surface area contributed by atoms with Gasteiger partial charge in [0.05, 0.1) is 34.8 Å². The molecule has 1 N–H and O–H groups in total. The molecule has 0 saturated heterocycles. The Labute approximate surface area is 189 Å². The molecule has 0 aromatic heterocycles. The summed E-state index contributed by atoms with van der Waals surface area (Å²) in [5.74, 6) is -0.467. The van der Waals surface area contributed by atoms with Crippen molar-refractivity contribution in [2.75, 3.05) is 41.3 Å². The number of hydrogen-bond acceptors (Lipinski definition) is 7. The SMILES string of the molecule is CCCCCCCCCCC(=O)OC(C)C(=O)NCCC[N+](C)(C)C.COS(=O)(=O)[O-]. The van der Waals surface area contributed by atoms with Gasteiger partial charge in [0.15, 0.2) is 6.10 Å². The summed E-state index contributed by atoms with van der Waals surface area (Å²) in [5, 5.41) is 2.83. The fourth-order valence-corrected chi connectivity index (χ4v) is 2.62. The lowest BCUT2D eigenvalue weighted by atomic mass is 10.1. The van der Waals surface area contributed by atoms with Crippen LogP contribution in [0.25, 0.3) is 0 Å². The molecule has 0 aromatic rings. The number of rotatable bonds is 16. The molecule has 0 rings (SSSR count). The Morgan fingerprint density at radius 3 is 1.90 bits per heavy atom. The lowest BCUT2D eigenvalue weighted by Gasteiger charge is -2.23. The van der Waals surface area contributed by atoms with Crippen molar-refractivity contribution in [3.8, 4) is 0 Å². The van der Waals surface area contributed by atoms with E-state index in [1.54, 1.807) is 6.92 Å². The number of ether oxygens (including phenoxy) is 1.